The second-order valence-corrected chi connectivity index (χ2v) is 5.26. The lowest BCUT2D eigenvalue weighted by atomic mass is 10.3. The van der Waals surface area contributed by atoms with Crippen LogP contribution in [0.1, 0.15) is 25.6 Å². The number of hydrogen-bond acceptors (Lipinski definition) is 4. The van der Waals surface area contributed by atoms with E-state index in [2.05, 4.69) is 37.1 Å². The maximum atomic E-state index is 6.08. The van der Waals surface area contributed by atoms with E-state index < -0.39 is 0 Å². The molecule has 2 N–H and O–H groups in total. The maximum Gasteiger partial charge on any atom is 0.150 e. The van der Waals surface area contributed by atoms with Crippen LogP contribution in [-0.4, -0.2) is 35.4 Å². The first kappa shape index (κ1) is 13.2. The number of nitrogen functional groups attached to an aromatic ring is 1. The van der Waals surface area contributed by atoms with Gasteiger partial charge in [-0.15, -0.1) is 0 Å². The first-order valence-electron chi connectivity index (χ1n) is 5.53. The van der Waals surface area contributed by atoms with Crippen LogP contribution in [0.5, 0.6) is 0 Å². The SMILES string of the molecule is CSCCN(C)c1c(N)c(C)nn1C(C)C. The van der Waals surface area contributed by atoms with Crippen molar-refractivity contribution < 1.29 is 0 Å². The minimum atomic E-state index is 0.336. The second kappa shape index (κ2) is 5.48. The van der Waals surface area contributed by atoms with Crippen LogP contribution in [0.25, 0.3) is 0 Å². The number of nitrogens with zero attached hydrogens (tertiary/aromatic N) is 3. The first-order valence-corrected chi connectivity index (χ1v) is 6.93. The summed E-state index contributed by atoms with van der Waals surface area (Å²) in [6, 6.07) is 0.336. The van der Waals surface area contributed by atoms with Crippen LogP contribution in [0, 0.1) is 6.92 Å². The van der Waals surface area contributed by atoms with Crippen LogP contribution >= 0.6 is 11.8 Å². The summed E-state index contributed by atoms with van der Waals surface area (Å²) in [4.78, 5) is 2.19. The highest BCUT2D eigenvalue weighted by Crippen LogP contribution is 2.28. The number of rotatable bonds is 5. The van der Waals surface area contributed by atoms with Crippen LogP contribution in [-0.2, 0) is 0 Å². The van der Waals surface area contributed by atoms with Gasteiger partial charge in [-0.05, 0) is 27.0 Å². The summed E-state index contributed by atoms with van der Waals surface area (Å²) in [5.41, 5.74) is 7.80. The molecular weight excluding hydrogens is 220 g/mol. The first-order chi connectivity index (χ1) is 7.49. The van der Waals surface area contributed by atoms with E-state index in [1.165, 1.54) is 0 Å². The van der Waals surface area contributed by atoms with Crippen LogP contribution in [0.2, 0.25) is 0 Å². The highest BCUT2D eigenvalue weighted by atomic mass is 32.2. The lowest BCUT2D eigenvalue weighted by molar-refractivity contribution is 0.527. The van der Waals surface area contributed by atoms with Gasteiger partial charge in [0.15, 0.2) is 5.82 Å². The van der Waals surface area contributed by atoms with Gasteiger partial charge >= 0.3 is 0 Å². The average Bonchev–Trinajstić information content (AvgIpc) is 2.52. The third-order valence-electron chi connectivity index (χ3n) is 2.59. The van der Waals surface area contributed by atoms with E-state index in [-0.39, 0.29) is 0 Å². The third kappa shape index (κ3) is 2.64. The quantitative estimate of drug-likeness (QED) is 0.859. The predicted octanol–water partition coefficient (Wildman–Crippen LogP) is 2.15. The van der Waals surface area contributed by atoms with Gasteiger partial charge < -0.3 is 10.6 Å². The number of hydrogen-bond donors (Lipinski definition) is 1. The van der Waals surface area contributed by atoms with Crippen molar-refractivity contribution in [2.24, 2.45) is 0 Å². The zero-order chi connectivity index (χ0) is 12.3. The minimum absolute atomic E-state index is 0.336. The van der Waals surface area contributed by atoms with Crippen molar-refractivity contribution in [2.45, 2.75) is 26.8 Å². The van der Waals surface area contributed by atoms with Gasteiger partial charge in [0.2, 0.25) is 0 Å². The molecule has 1 aromatic rings. The predicted molar refractivity (Wildman–Crippen MR) is 73.4 cm³/mol. The molecule has 1 rings (SSSR count). The molecule has 0 atom stereocenters. The van der Waals surface area contributed by atoms with Crippen molar-refractivity contribution in [3.05, 3.63) is 5.69 Å². The van der Waals surface area contributed by atoms with Crippen molar-refractivity contribution in [2.75, 3.05) is 36.2 Å². The van der Waals surface area contributed by atoms with Gasteiger partial charge in [0, 0.05) is 25.4 Å². The summed E-state index contributed by atoms with van der Waals surface area (Å²) < 4.78 is 2.00. The van der Waals surface area contributed by atoms with Gasteiger partial charge in [0.1, 0.15) is 0 Å². The molecule has 0 spiro atoms. The molecule has 0 radical (unpaired) electrons. The fourth-order valence-electron chi connectivity index (χ4n) is 1.62. The molecule has 1 heterocycles. The highest BCUT2D eigenvalue weighted by molar-refractivity contribution is 7.98. The summed E-state index contributed by atoms with van der Waals surface area (Å²) in [5, 5.41) is 4.48. The van der Waals surface area contributed by atoms with E-state index in [0.717, 1.165) is 29.5 Å². The Balaban J connectivity index is 3.00. The molecule has 0 amide bonds. The second-order valence-electron chi connectivity index (χ2n) is 4.28. The number of anilines is 2. The van der Waals surface area contributed by atoms with Crippen molar-refractivity contribution in [3.63, 3.8) is 0 Å². The lowest BCUT2D eigenvalue weighted by Gasteiger charge is -2.22. The molecule has 0 aromatic carbocycles. The minimum Gasteiger partial charge on any atom is -0.394 e. The van der Waals surface area contributed by atoms with Gasteiger partial charge in [-0.3, -0.25) is 0 Å². The van der Waals surface area contributed by atoms with Crippen molar-refractivity contribution in [3.8, 4) is 0 Å². The molecule has 0 saturated heterocycles. The Labute approximate surface area is 102 Å². The summed E-state index contributed by atoms with van der Waals surface area (Å²) in [6.45, 7) is 7.19. The topological polar surface area (TPSA) is 47.1 Å². The van der Waals surface area contributed by atoms with E-state index in [1.807, 2.05) is 23.4 Å². The number of aryl methyl sites for hydroxylation is 1. The molecule has 4 nitrogen and oxygen atoms in total. The van der Waals surface area contributed by atoms with E-state index in [0.29, 0.717) is 6.04 Å². The van der Waals surface area contributed by atoms with Gasteiger partial charge in [0.25, 0.3) is 0 Å². The van der Waals surface area contributed by atoms with Gasteiger partial charge in [0.05, 0.1) is 11.4 Å². The van der Waals surface area contributed by atoms with E-state index in [4.69, 9.17) is 5.73 Å². The van der Waals surface area contributed by atoms with Crippen LogP contribution < -0.4 is 10.6 Å². The average molecular weight is 242 g/mol. The van der Waals surface area contributed by atoms with Gasteiger partial charge in [-0.1, -0.05) is 0 Å². The number of nitrogens with two attached hydrogens (primary N) is 1. The Bertz CT molecular complexity index is 346. The Kier molecular flexibility index (Phi) is 4.53. The maximum absolute atomic E-state index is 6.08. The number of thioether (sulfide) groups is 1. The van der Waals surface area contributed by atoms with Gasteiger partial charge in [-0.2, -0.15) is 16.9 Å². The molecule has 16 heavy (non-hydrogen) atoms. The summed E-state index contributed by atoms with van der Waals surface area (Å²) in [6.07, 6.45) is 2.11. The molecule has 5 heteroatoms. The number of aromatic nitrogens is 2. The molecule has 0 aliphatic rings. The van der Waals surface area contributed by atoms with Crippen molar-refractivity contribution >= 4 is 23.3 Å². The van der Waals surface area contributed by atoms with Gasteiger partial charge in [-0.25, -0.2) is 4.68 Å². The molecule has 92 valence electrons. The Morgan fingerprint density at radius 2 is 2.12 bits per heavy atom. The molecule has 0 fully saturated rings. The summed E-state index contributed by atoms with van der Waals surface area (Å²) in [5.74, 6) is 2.14. The van der Waals surface area contributed by atoms with Crippen LogP contribution in [0.15, 0.2) is 0 Å². The Hall–Kier alpha value is -0.840. The molecule has 0 saturated carbocycles. The molecule has 1 aromatic heterocycles. The Morgan fingerprint density at radius 3 is 2.62 bits per heavy atom. The largest absolute Gasteiger partial charge is 0.394 e. The molecule has 0 aliphatic heterocycles. The lowest BCUT2D eigenvalue weighted by Crippen LogP contribution is -2.25. The highest BCUT2D eigenvalue weighted by Gasteiger charge is 2.17. The monoisotopic (exact) mass is 242 g/mol. The van der Waals surface area contributed by atoms with E-state index in [1.54, 1.807) is 0 Å². The third-order valence-corrected chi connectivity index (χ3v) is 3.18. The smallest absolute Gasteiger partial charge is 0.150 e. The molecular formula is C11H22N4S. The molecule has 0 bridgehead atoms. The van der Waals surface area contributed by atoms with E-state index >= 15 is 0 Å². The molecule has 0 aliphatic carbocycles. The summed E-state index contributed by atoms with van der Waals surface area (Å²) >= 11 is 1.84. The Morgan fingerprint density at radius 1 is 1.50 bits per heavy atom. The van der Waals surface area contributed by atoms with Crippen molar-refractivity contribution in [1.82, 2.24) is 9.78 Å². The van der Waals surface area contributed by atoms with E-state index in [9.17, 15) is 0 Å². The fraction of sp³-hybridized carbons (Fsp3) is 0.727. The zero-order valence-corrected chi connectivity index (χ0v) is 11.6. The standard InChI is InChI=1S/C11H22N4S/c1-8(2)15-11(10(12)9(3)13-15)14(4)6-7-16-5/h8H,6-7,12H2,1-5H3. The van der Waals surface area contributed by atoms with Crippen LogP contribution in [0.3, 0.4) is 0 Å². The molecule has 0 unspecified atom stereocenters. The zero-order valence-electron chi connectivity index (χ0n) is 10.8. The van der Waals surface area contributed by atoms with Crippen LogP contribution in [0.4, 0.5) is 11.5 Å². The fourth-order valence-corrected chi connectivity index (χ4v) is 2.08. The van der Waals surface area contributed by atoms with Crippen molar-refractivity contribution in [1.29, 1.82) is 0 Å². The summed E-state index contributed by atoms with van der Waals surface area (Å²) in [7, 11) is 2.07. The normalized spacial score (nSPS) is 11.1.